The number of carbonyl (C=O) groups is 1. The van der Waals surface area contributed by atoms with Crippen molar-refractivity contribution in [1.82, 2.24) is 29.4 Å². The Labute approximate surface area is 148 Å². The van der Waals surface area contributed by atoms with Gasteiger partial charge in [-0.1, -0.05) is 6.92 Å². The molecule has 2 saturated heterocycles. The summed E-state index contributed by atoms with van der Waals surface area (Å²) in [6, 6.07) is 0. The number of nitrogens with zero attached hydrogens (tertiary/aromatic N) is 6. The molecule has 7 nitrogen and oxygen atoms in total. The highest BCUT2D eigenvalue weighted by Gasteiger charge is 2.50. The van der Waals surface area contributed by atoms with Crippen LogP contribution in [0.5, 0.6) is 0 Å². The quantitative estimate of drug-likeness (QED) is 0.824. The van der Waals surface area contributed by atoms with Crippen LogP contribution in [0, 0.1) is 25.2 Å². The van der Waals surface area contributed by atoms with Crippen LogP contribution in [0.15, 0.2) is 12.4 Å². The number of aryl methyl sites for hydroxylation is 3. The van der Waals surface area contributed by atoms with E-state index in [9.17, 15) is 4.79 Å². The Balaban J connectivity index is 1.68. The zero-order valence-corrected chi connectivity index (χ0v) is 15.7. The molecule has 2 aromatic heterocycles. The van der Waals surface area contributed by atoms with Gasteiger partial charge in [0.2, 0.25) is 0 Å². The first-order valence-electron chi connectivity index (χ1n) is 8.81. The van der Waals surface area contributed by atoms with Gasteiger partial charge in [-0.25, -0.2) is 9.36 Å². The van der Waals surface area contributed by atoms with Crippen molar-refractivity contribution < 1.29 is 4.79 Å². The summed E-state index contributed by atoms with van der Waals surface area (Å²) in [4.78, 5) is 17.7. The highest BCUT2D eigenvalue weighted by molar-refractivity contribution is 5.98. The SMILES string of the molecule is Cc1cnn(-c2c(C(=O)N3C[C@H]4CN(C)C[C@@]4(C)C3)c(C)nn2C)c1. The maximum Gasteiger partial charge on any atom is 0.259 e. The van der Waals surface area contributed by atoms with Gasteiger partial charge in [0.05, 0.1) is 11.9 Å². The van der Waals surface area contributed by atoms with E-state index < -0.39 is 0 Å². The highest BCUT2D eigenvalue weighted by atomic mass is 16.2. The minimum atomic E-state index is 0.0760. The van der Waals surface area contributed by atoms with E-state index in [1.807, 2.05) is 32.0 Å². The molecule has 0 aliphatic carbocycles. The van der Waals surface area contributed by atoms with Crippen molar-refractivity contribution in [2.75, 3.05) is 33.2 Å². The molecular formula is C18H26N6O. The lowest BCUT2D eigenvalue weighted by molar-refractivity contribution is 0.0764. The summed E-state index contributed by atoms with van der Waals surface area (Å²) in [5.41, 5.74) is 2.68. The first-order chi connectivity index (χ1) is 11.8. The Morgan fingerprint density at radius 3 is 2.64 bits per heavy atom. The summed E-state index contributed by atoms with van der Waals surface area (Å²) < 4.78 is 3.51. The topological polar surface area (TPSA) is 59.2 Å². The summed E-state index contributed by atoms with van der Waals surface area (Å²) >= 11 is 0. The van der Waals surface area contributed by atoms with E-state index in [-0.39, 0.29) is 11.3 Å². The predicted molar refractivity (Wildman–Crippen MR) is 94.8 cm³/mol. The summed E-state index contributed by atoms with van der Waals surface area (Å²) in [5, 5.41) is 8.88. The lowest BCUT2D eigenvalue weighted by atomic mass is 9.83. The maximum atomic E-state index is 13.4. The maximum absolute atomic E-state index is 13.4. The van der Waals surface area contributed by atoms with E-state index in [0.29, 0.717) is 11.5 Å². The molecule has 2 aliphatic rings. The molecule has 0 saturated carbocycles. The third-order valence-electron chi connectivity index (χ3n) is 5.76. The van der Waals surface area contributed by atoms with Crippen molar-refractivity contribution in [3.8, 4) is 5.82 Å². The van der Waals surface area contributed by atoms with Crippen LogP contribution in [-0.2, 0) is 7.05 Å². The molecule has 0 bridgehead atoms. The zero-order valence-electron chi connectivity index (χ0n) is 15.7. The van der Waals surface area contributed by atoms with Crippen molar-refractivity contribution in [3.05, 3.63) is 29.2 Å². The number of carbonyl (C=O) groups excluding carboxylic acids is 1. The van der Waals surface area contributed by atoms with Crippen LogP contribution in [0.3, 0.4) is 0 Å². The molecule has 4 rings (SSSR count). The van der Waals surface area contributed by atoms with Gasteiger partial charge in [-0.2, -0.15) is 10.2 Å². The standard InChI is InChI=1S/C18H26N6O/c1-12-6-19-24(7-12)16-15(13(2)20-22(16)5)17(25)23-9-14-8-21(4)10-18(14,3)11-23/h6-7,14H,8-11H2,1-5H3/t14-,18+/m1/s1. The molecule has 25 heavy (non-hydrogen) atoms. The van der Waals surface area contributed by atoms with Crippen molar-refractivity contribution in [1.29, 1.82) is 0 Å². The number of fused-ring (bicyclic) bond motifs is 1. The smallest absolute Gasteiger partial charge is 0.259 e. The van der Waals surface area contributed by atoms with E-state index in [4.69, 9.17) is 0 Å². The summed E-state index contributed by atoms with van der Waals surface area (Å²) in [6.45, 7) is 9.96. The second-order valence-electron chi connectivity index (χ2n) is 8.10. The fourth-order valence-corrected chi connectivity index (χ4v) is 4.63. The van der Waals surface area contributed by atoms with Crippen molar-refractivity contribution >= 4 is 5.91 Å². The molecule has 0 N–H and O–H groups in total. The Bertz CT molecular complexity index is 837. The van der Waals surface area contributed by atoms with Crippen molar-refractivity contribution in [3.63, 3.8) is 0 Å². The van der Waals surface area contributed by atoms with E-state index in [1.165, 1.54) is 0 Å². The Morgan fingerprint density at radius 1 is 1.24 bits per heavy atom. The van der Waals surface area contributed by atoms with Crippen LogP contribution < -0.4 is 0 Å². The van der Waals surface area contributed by atoms with Crippen molar-refractivity contribution in [2.24, 2.45) is 18.4 Å². The number of amides is 1. The van der Waals surface area contributed by atoms with Crippen LogP contribution in [0.2, 0.25) is 0 Å². The Kier molecular flexibility index (Phi) is 3.54. The first kappa shape index (κ1) is 16.3. The van der Waals surface area contributed by atoms with Gasteiger partial charge in [-0.15, -0.1) is 0 Å². The van der Waals surface area contributed by atoms with Gasteiger partial charge in [0, 0.05) is 44.8 Å². The molecule has 2 fully saturated rings. The van der Waals surface area contributed by atoms with Gasteiger partial charge in [0.15, 0.2) is 5.82 Å². The molecule has 0 radical (unpaired) electrons. The molecule has 7 heteroatoms. The second-order valence-corrected chi connectivity index (χ2v) is 8.10. The van der Waals surface area contributed by atoms with Crippen LogP contribution >= 0.6 is 0 Å². The average molecular weight is 342 g/mol. The normalized spacial score (nSPS) is 26.4. The van der Waals surface area contributed by atoms with Gasteiger partial charge in [-0.3, -0.25) is 4.79 Å². The van der Waals surface area contributed by atoms with E-state index >= 15 is 0 Å². The van der Waals surface area contributed by atoms with Gasteiger partial charge < -0.3 is 9.80 Å². The fraction of sp³-hybridized carbons (Fsp3) is 0.611. The van der Waals surface area contributed by atoms with Crippen LogP contribution in [0.4, 0.5) is 0 Å². The lowest BCUT2D eigenvalue weighted by Crippen LogP contribution is -2.35. The number of rotatable bonds is 2. The number of aromatic nitrogens is 4. The molecule has 4 heterocycles. The molecule has 2 atom stereocenters. The van der Waals surface area contributed by atoms with Crippen LogP contribution in [0.1, 0.15) is 28.5 Å². The van der Waals surface area contributed by atoms with Gasteiger partial charge in [-0.05, 0) is 32.4 Å². The van der Waals surface area contributed by atoms with Crippen LogP contribution in [-0.4, -0.2) is 68.5 Å². The van der Waals surface area contributed by atoms with Crippen LogP contribution in [0.25, 0.3) is 5.82 Å². The summed E-state index contributed by atoms with van der Waals surface area (Å²) in [5.74, 6) is 1.37. The largest absolute Gasteiger partial charge is 0.338 e. The highest BCUT2D eigenvalue weighted by Crippen LogP contribution is 2.42. The lowest BCUT2D eigenvalue weighted by Gasteiger charge is -2.24. The fourth-order valence-electron chi connectivity index (χ4n) is 4.63. The first-order valence-corrected chi connectivity index (χ1v) is 8.81. The number of hydrogen-bond donors (Lipinski definition) is 0. The number of hydrogen-bond acceptors (Lipinski definition) is 4. The van der Waals surface area contributed by atoms with Crippen molar-refractivity contribution in [2.45, 2.75) is 20.8 Å². The Hall–Kier alpha value is -2.15. The minimum absolute atomic E-state index is 0.0760. The molecule has 0 spiro atoms. The summed E-state index contributed by atoms with van der Waals surface area (Å²) in [6.07, 6.45) is 3.73. The third kappa shape index (κ3) is 2.49. The molecule has 2 aromatic rings. The van der Waals surface area contributed by atoms with Gasteiger partial charge in [0.1, 0.15) is 5.56 Å². The average Bonchev–Trinajstić information content (AvgIpc) is 3.20. The predicted octanol–water partition coefficient (Wildman–Crippen LogP) is 1.25. The number of likely N-dealkylation sites (tertiary alicyclic amines) is 2. The van der Waals surface area contributed by atoms with E-state index in [0.717, 1.165) is 43.3 Å². The molecule has 0 aromatic carbocycles. The molecule has 0 unspecified atom stereocenters. The van der Waals surface area contributed by atoms with Gasteiger partial charge in [0.25, 0.3) is 5.91 Å². The monoisotopic (exact) mass is 342 g/mol. The minimum Gasteiger partial charge on any atom is -0.338 e. The molecule has 2 aliphatic heterocycles. The molecule has 134 valence electrons. The van der Waals surface area contributed by atoms with E-state index in [2.05, 4.69) is 29.1 Å². The zero-order chi connectivity index (χ0) is 17.9. The Morgan fingerprint density at radius 2 is 2.00 bits per heavy atom. The second kappa shape index (κ2) is 5.42. The summed E-state index contributed by atoms with van der Waals surface area (Å²) in [7, 11) is 4.03. The molecular weight excluding hydrogens is 316 g/mol. The third-order valence-corrected chi connectivity index (χ3v) is 5.76. The molecule has 1 amide bonds. The van der Waals surface area contributed by atoms with Gasteiger partial charge >= 0.3 is 0 Å². The van der Waals surface area contributed by atoms with E-state index in [1.54, 1.807) is 15.6 Å².